The molecule has 64 valence electrons. The lowest BCUT2D eigenvalue weighted by atomic mass is 10.2. The van der Waals surface area contributed by atoms with Crippen LogP contribution >= 0.6 is 0 Å². The van der Waals surface area contributed by atoms with Gasteiger partial charge in [-0.1, -0.05) is 0 Å². The van der Waals surface area contributed by atoms with Crippen molar-refractivity contribution in [2.24, 2.45) is 0 Å². The van der Waals surface area contributed by atoms with Gasteiger partial charge in [-0.25, -0.2) is 4.98 Å². The third-order valence-corrected chi connectivity index (χ3v) is 2.19. The predicted molar refractivity (Wildman–Crippen MR) is 43.4 cm³/mol. The van der Waals surface area contributed by atoms with Crippen molar-refractivity contribution in [3.8, 4) is 0 Å². The number of nitrogens with zero attached hydrogens (tertiary/aromatic N) is 2. The normalized spacial score (nSPS) is 16.6. The number of aryl methyl sites for hydroxylation is 1. The van der Waals surface area contributed by atoms with E-state index in [1.54, 1.807) is 6.33 Å². The summed E-state index contributed by atoms with van der Waals surface area (Å²) in [6.07, 6.45) is 3.15. The minimum absolute atomic E-state index is 0.123. The molecule has 0 atom stereocenters. The molecule has 1 aromatic rings. The van der Waals surface area contributed by atoms with Crippen molar-refractivity contribution in [3.63, 3.8) is 0 Å². The topological polar surface area (TPSA) is 46.9 Å². The van der Waals surface area contributed by atoms with Crippen molar-refractivity contribution in [1.82, 2.24) is 14.9 Å². The molecular formula is C8H11N3O. The first-order chi connectivity index (χ1) is 5.77. The number of carbonyl (C=O) groups is 1. The molecule has 4 heteroatoms. The Morgan fingerprint density at radius 3 is 3.25 bits per heavy atom. The molecule has 0 aromatic carbocycles. The van der Waals surface area contributed by atoms with Gasteiger partial charge in [0.25, 0.3) is 0 Å². The molecule has 2 rings (SSSR count). The fourth-order valence-corrected chi connectivity index (χ4v) is 1.46. The van der Waals surface area contributed by atoms with Crippen LogP contribution in [-0.4, -0.2) is 15.5 Å². The summed E-state index contributed by atoms with van der Waals surface area (Å²) in [5.74, 6) is 0.123. The lowest BCUT2D eigenvalue weighted by molar-refractivity contribution is -0.121. The highest BCUT2D eigenvalue weighted by Crippen LogP contribution is 2.10. The van der Waals surface area contributed by atoms with Gasteiger partial charge >= 0.3 is 0 Å². The number of nitrogens with one attached hydrogen (secondary N) is 1. The van der Waals surface area contributed by atoms with Crippen LogP contribution in [0.2, 0.25) is 0 Å². The van der Waals surface area contributed by atoms with Crippen molar-refractivity contribution in [2.45, 2.75) is 26.4 Å². The van der Waals surface area contributed by atoms with Crippen molar-refractivity contribution < 1.29 is 4.79 Å². The van der Waals surface area contributed by atoms with Crippen LogP contribution in [0.3, 0.4) is 0 Å². The van der Waals surface area contributed by atoms with Gasteiger partial charge in [-0.2, -0.15) is 0 Å². The first kappa shape index (κ1) is 7.34. The van der Waals surface area contributed by atoms with Crippen LogP contribution in [0.1, 0.15) is 17.8 Å². The summed E-state index contributed by atoms with van der Waals surface area (Å²) in [6.45, 7) is 2.54. The highest BCUT2D eigenvalue weighted by Gasteiger charge is 2.13. The largest absolute Gasteiger partial charge is 0.338 e. The maximum absolute atomic E-state index is 11.0. The molecule has 12 heavy (non-hydrogen) atoms. The first-order valence-corrected chi connectivity index (χ1v) is 4.04. The molecule has 1 N–H and O–H groups in total. The standard InChI is InChI=1S/C8H11N3O/c1-6-7-2-3-8(12)10-5-11(7)4-9-6/h4H,2-3,5H2,1H3,(H,10,12). The minimum Gasteiger partial charge on any atom is -0.338 e. The van der Waals surface area contributed by atoms with Gasteiger partial charge in [-0.05, 0) is 13.3 Å². The van der Waals surface area contributed by atoms with E-state index in [2.05, 4.69) is 10.3 Å². The van der Waals surface area contributed by atoms with Gasteiger partial charge in [-0.3, -0.25) is 4.79 Å². The van der Waals surface area contributed by atoms with Crippen molar-refractivity contribution in [2.75, 3.05) is 0 Å². The molecule has 4 nitrogen and oxygen atoms in total. The molecule has 1 amide bonds. The lowest BCUT2D eigenvalue weighted by Gasteiger charge is -2.01. The van der Waals surface area contributed by atoms with Gasteiger partial charge in [0.15, 0.2) is 0 Å². The van der Waals surface area contributed by atoms with E-state index < -0.39 is 0 Å². The molecule has 1 aliphatic heterocycles. The number of hydrogen-bond acceptors (Lipinski definition) is 2. The quantitative estimate of drug-likeness (QED) is 0.597. The Labute approximate surface area is 70.6 Å². The van der Waals surface area contributed by atoms with E-state index in [0.29, 0.717) is 13.1 Å². The summed E-state index contributed by atoms with van der Waals surface area (Å²) in [5, 5.41) is 2.80. The number of imidazole rings is 1. The Balaban J connectivity index is 2.33. The van der Waals surface area contributed by atoms with Gasteiger partial charge in [-0.15, -0.1) is 0 Å². The molecular weight excluding hydrogens is 154 g/mol. The molecule has 0 saturated heterocycles. The molecule has 2 heterocycles. The second kappa shape index (κ2) is 2.62. The van der Waals surface area contributed by atoms with E-state index in [1.165, 1.54) is 5.69 Å². The number of rotatable bonds is 0. The van der Waals surface area contributed by atoms with Crippen LogP contribution in [-0.2, 0) is 17.9 Å². The van der Waals surface area contributed by atoms with Crippen LogP contribution in [0.25, 0.3) is 0 Å². The molecule has 0 saturated carbocycles. The maximum Gasteiger partial charge on any atom is 0.221 e. The van der Waals surface area contributed by atoms with Gasteiger partial charge < -0.3 is 9.88 Å². The zero-order valence-corrected chi connectivity index (χ0v) is 7.00. The van der Waals surface area contributed by atoms with E-state index in [9.17, 15) is 4.79 Å². The zero-order chi connectivity index (χ0) is 8.55. The minimum atomic E-state index is 0.123. The number of carbonyl (C=O) groups excluding carboxylic acids is 1. The molecule has 0 unspecified atom stereocenters. The van der Waals surface area contributed by atoms with Crippen molar-refractivity contribution >= 4 is 5.91 Å². The molecule has 0 spiro atoms. The summed E-state index contributed by atoms with van der Waals surface area (Å²) in [7, 11) is 0. The number of amides is 1. The monoisotopic (exact) mass is 165 g/mol. The Bertz CT molecular complexity index is 316. The smallest absolute Gasteiger partial charge is 0.221 e. The van der Waals surface area contributed by atoms with Gasteiger partial charge in [0.1, 0.15) is 0 Å². The molecule has 0 radical (unpaired) electrons. The lowest BCUT2D eigenvalue weighted by Crippen LogP contribution is -2.22. The number of hydrogen-bond donors (Lipinski definition) is 1. The SMILES string of the molecule is Cc1ncn2c1CCC(=O)NC2. The van der Waals surface area contributed by atoms with Crippen LogP contribution in [0, 0.1) is 6.92 Å². The van der Waals surface area contributed by atoms with Crippen molar-refractivity contribution in [1.29, 1.82) is 0 Å². The fraction of sp³-hybridized carbons (Fsp3) is 0.500. The Morgan fingerprint density at radius 1 is 1.58 bits per heavy atom. The highest BCUT2D eigenvalue weighted by atomic mass is 16.1. The molecule has 1 aliphatic rings. The second-order valence-electron chi connectivity index (χ2n) is 3.00. The Kier molecular flexibility index (Phi) is 1.60. The second-order valence-corrected chi connectivity index (χ2v) is 3.00. The van der Waals surface area contributed by atoms with Gasteiger partial charge in [0, 0.05) is 12.1 Å². The summed E-state index contributed by atoms with van der Waals surface area (Å²) in [5.41, 5.74) is 2.21. The van der Waals surface area contributed by atoms with Crippen LogP contribution < -0.4 is 5.32 Å². The summed E-state index contributed by atoms with van der Waals surface area (Å²) >= 11 is 0. The van der Waals surface area contributed by atoms with Gasteiger partial charge in [0.05, 0.1) is 18.7 Å². The number of aromatic nitrogens is 2. The molecule has 0 fully saturated rings. The summed E-state index contributed by atoms with van der Waals surface area (Å²) in [4.78, 5) is 15.2. The van der Waals surface area contributed by atoms with Crippen LogP contribution in [0.5, 0.6) is 0 Å². The average Bonchev–Trinajstić information content (AvgIpc) is 2.28. The third-order valence-electron chi connectivity index (χ3n) is 2.19. The van der Waals surface area contributed by atoms with E-state index in [1.807, 2.05) is 11.5 Å². The van der Waals surface area contributed by atoms with E-state index >= 15 is 0 Å². The van der Waals surface area contributed by atoms with E-state index in [4.69, 9.17) is 0 Å². The van der Waals surface area contributed by atoms with Crippen LogP contribution in [0.4, 0.5) is 0 Å². The van der Waals surface area contributed by atoms with Crippen molar-refractivity contribution in [3.05, 3.63) is 17.7 Å². The third kappa shape index (κ3) is 1.09. The highest BCUT2D eigenvalue weighted by molar-refractivity contribution is 5.76. The summed E-state index contributed by atoms with van der Waals surface area (Å²) < 4.78 is 1.99. The molecule has 1 aromatic heterocycles. The first-order valence-electron chi connectivity index (χ1n) is 4.04. The van der Waals surface area contributed by atoms with E-state index in [-0.39, 0.29) is 5.91 Å². The summed E-state index contributed by atoms with van der Waals surface area (Å²) in [6, 6.07) is 0. The number of fused-ring (bicyclic) bond motifs is 1. The van der Waals surface area contributed by atoms with E-state index in [0.717, 1.165) is 12.1 Å². The average molecular weight is 165 g/mol. The maximum atomic E-state index is 11.0. The van der Waals surface area contributed by atoms with Gasteiger partial charge in [0.2, 0.25) is 5.91 Å². The Hall–Kier alpha value is -1.32. The molecule has 0 bridgehead atoms. The van der Waals surface area contributed by atoms with Crippen LogP contribution in [0.15, 0.2) is 6.33 Å². The zero-order valence-electron chi connectivity index (χ0n) is 7.00. The fourth-order valence-electron chi connectivity index (χ4n) is 1.46. The molecule has 0 aliphatic carbocycles. The Morgan fingerprint density at radius 2 is 2.42 bits per heavy atom. The predicted octanol–water partition coefficient (Wildman–Crippen LogP) is 0.211.